The second-order valence-corrected chi connectivity index (χ2v) is 8.48. The third kappa shape index (κ3) is 4.78. The van der Waals surface area contributed by atoms with Crippen LogP contribution in [0, 0.1) is 36.8 Å². The molecule has 5 nitrogen and oxygen atoms in total. The first-order valence-electron chi connectivity index (χ1n) is 8.55. The Morgan fingerprint density at radius 1 is 1.24 bits per heavy atom. The Morgan fingerprint density at radius 2 is 2.00 bits per heavy atom. The fourth-order valence-electron chi connectivity index (χ4n) is 2.57. The highest BCUT2D eigenvalue weighted by Crippen LogP contribution is 2.29. The number of thiazole rings is 1. The minimum absolute atomic E-state index is 0.300. The summed E-state index contributed by atoms with van der Waals surface area (Å²) >= 11 is 2.38. The number of aryl methyl sites for hydroxylation is 2. The first kappa shape index (κ1) is 20.9. The van der Waals surface area contributed by atoms with Gasteiger partial charge in [0.2, 0.25) is 5.91 Å². The molecule has 0 bridgehead atoms. The van der Waals surface area contributed by atoms with Crippen LogP contribution in [-0.4, -0.2) is 21.1 Å². The maximum Gasteiger partial charge on any atom is 0.239 e. The van der Waals surface area contributed by atoms with Gasteiger partial charge in [0, 0.05) is 16.6 Å². The number of pyridine rings is 1. The molecule has 1 amide bonds. The van der Waals surface area contributed by atoms with Gasteiger partial charge in [0.15, 0.2) is 16.8 Å². The van der Waals surface area contributed by atoms with Gasteiger partial charge < -0.3 is 5.32 Å². The van der Waals surface area contributed by atoms with E-state index in [2.05, 4.69) is 21.4 Å². The summed E-state index contributed by atoms with van der Waals surface area (Å²) in [6, 6.07) is 7.47. The largest absolute Gasteiger partial charge is 0.301 e. The van der Waals surface area contributed by atoms with Crippen molar-refractivity contribution < 1.29 is 13.6 Å². The van der Waals surface area contributed by atoms with Crippen molar-refractivity contribution in [2.75, 3.05) is 5.32 Å². The van der Waals surface area contributed by atoms with Gasteiger partial charge in [-0.3, -0.25) is 4.79 Å². The lowest BCUT2D eigenvalue weighted by Crippen LogP contribution is -2.22. The van der Waals surface area contributed by atoms with Gasteiger partial charge in [-0.25, -0.2) is 18.7 Å². The molecule has 0 aliphatic rings. The minimum Gasteiger partial charge on any atom is -0.301 e. The number of carbonyl (C=O) groups is 1. The second-order valence-electron chi connectivity index (χ2n) is 6.29. The van der Waals surface area contributed by atoms with Gasteiger partial charge in [-0.1, -0.05) is 11.8 Å². The number of nitriles is 1. The number of aromatic nitrogens is 2. The quantitative estimate of drug-likeness (QED) is 0.571. The average Bonchev–Trinajstić information content (AvgIpc) is 3.12. The second kappa shape index (κ2) is 8.68. The van der Waals surface area contributed by atoms with Crippen LogP contribution in [0.2, 0.25) is 0 Å². The number of thioether (sulfide) groups is 1. The number of carbonyl (C=O) groups excluding carboxylic acids is 1. The van der Waals surface area contributed by atoms with Gasteiger partial charge in [-0.2, -0.15) is 5.26 Å². The first-order chi connectivity index (χ1) is 13.8. The maximum atomic E-state index is 13.4. The van der Waals surface area contributed by atoms with Crippen molar-refractivity contribution in [3.8, 4) is 17.3 Å². The fourth-order valence-corrected chi connectivity index (χ4v) is 4.32. The summed E-state index contributed by atoms with van der Waals surface area (Å²) in [7, 11) is 0. The smallest absolute Gasteiger partial charge is 0.239 e. The van der Waals surface area contributed by atoms with Gasteiger partial charge in [-0.15, -0.1) is 11.3 Å². The Hall–Kier alpha value is -2.83. The van der Waals surface area contributed by atoms with Crippen molar-refractivity contribution in [1.29, 1.82) is 5.26 Å². The highest BCUT2D eigenvalue weighted by molar-refractivity contribution is 8.00. The molecule has 3 aromatic rings. The van der Waals surface area contributed by atoms with Crippen LogP contribution in [0.15, 0.2) is 34.7 Å². The molecule has 1 atom stereocenters. The Morgan fingerprint density at radius 3 is 2.69 bits per heavy atom. The summed E-state index contributed by atoms with van der Waals surface area (Å²) in [4.78, 5) is 21.2. The molecule has 2 aromatic heterocycles. The molecule has 0 saturated carbocycles. The molecule has 0 aliphatic carbocycles. The monoisotopic (exact) mass is 430 g/mol. The number of benzene rings is 1. The number of anilines is 1. The molecule has 9 heteroatoms. The number of rotatable bonds is 5. The van der Waals surface area contributed by atoms with Crippen molar-refractivity contribution in [2.45, 2.75) is 31.0 Å². The third-order valence-corrected chi connectivity index (χ3v) is 5.87. The SMILES string of the molecule is Cc1cc(C)c(C#N)c(SC(C)C(=O)Nc2nc(-c3ccc(F)c(F)c3)cs2)n1. The van der Waals surface area contributed by atoms with Gasteiger partial charge in [0.05, 0.1) is 16.5 Å². The van der Waals surface area contributed by atoms with E-state index in [1.165, 1.54) is 29.2 Å². The molecular weight excluding hydrogens is 414 g/mol. The van der Waals surface area contributed by atoms with E-state index in [1.807, 2.05) is 19.9 Å². The number of halogens is 2. The summed E-state index contributed by atoms with van der Waals surface area (Å²) in [6.07, 6.45) is 0. The van der Waals surface area contributed by atoms with Crippen molar-refractivity contribution in [3.05, 3.63) is 58.1 Å². The van der Waals surface area contributed by atoms with E-state index < -0.39 is 16.9 Å². The van der Waals surface area contributed by atoms with Crippen LogP contribution < -0.4 is 5.32 Å². The molecule has 2 heterocycles. The number of nitrogens with zero attached hydrogens (tertiary/aromatic N) is 3. The number of nitrogens with one attached hydrogen (secondary N) is 1. The summed E-state index contributed by atoms with van der Waals surface area (Å²) in [5.41, 5.74) is 2.89. The van der Waals surface area contributed by atoms with Crippen LogP contribution >= 0.6 is 23.1 Å². The lowest BCUT2D eigenvalue weighted by atomic mass is 10.1. The normalized spacial score (nSPS) is 11.7. The van der Waals surface area contributed by atoms with Gasteiger partial charge in [0.1, 0.15) is 11.1 Å². The molecule has 148 valence electrons. The fraction of sp³-hybridized carbons (Fsp3) is 0.200. The molecule has 29 heavy (non-hydrogen) atoms. The van der Waals surface area contributed by atoms with E-state index in [1.54, 1.807) is 12.3 Å². The molecule has 3 rings (SSSR count). The number of hydrogen-bond acceptors (Lipinski definition) is 6. The molecule has 0 radical (unpaired) electrons. The van der Waals surface area contributed by atoms with E-state index >= 15 is 0 Å². The van der Waals surface area contributed by atoms with Gasteiger partial charge >= 0.3 is 0 Å². The molecule has 0 saturated heterocycles. The highest BCUT2D eigenvalue weighted by Gasteiger charge is 2.20. The maximum absolute atomic E-state index is 13.4. The van der Waals surface area contributed by atoms with E-state index in [9.17, 15) is 18.8 Å². The van der Waals surface area contributed by atoms with Crippen LogP contribution in [0.3, 0.4) is 0 Å². The van der Waals surface area contributed by atoms with Crippen LogP contribution in [0.1, 0.15) is 23.7 Å². The summed E-state index contributed by atoms with van der Waals surface area (Å²) < 4.78 is 26.5. The summed E-state index contributed by atoms with van der Waals surface area (Å²) in [5.74, 6) is -2.19. The highest BCUT2D eigenvalue weighted by atomic mass is 32.2. The van der Waals surface area contributed by atoms with Crippen molar-refractivity contribution in [2.24, 2.45) is 0 Å². The number of hydrogen-bond donors (Lipinski definition) is 1. The molecule has 0 spiro atoms. The Kier molecular flexibility index (Phi) is 6.25. The third-order valence-electron chi connectivity index (χ3n) is 4.03. The average molecular weight is 431 g/mol. The summed E-state index contributed by atoms with van der Waals surface area (Å²) in [5, 5.41) is 14.1. The topological polar surface area (TPSA) is 78.7 Å². The molecule has 0 fully saturated rings. The van der Waals surface area contributed by atoms with Crippen molar-refractivity contribution in [1.82, 2.24) is 9.97 Å². The van der Waals surface area contributed by atoms with E-state index in [4.69, 9.17) is 0 Å². The molecule has 1 aromatic carbocycles. The minimum atomic E-state index is -0.958. The summed E-state index contributed by atoms with van der Waals surface area (Å²) in [6.45, 7) is 5.38. The van der Waals surface area contributed by atoms with E-state index in [-0.39, 0.29) is 5.91 Å². The Labute approximate surface area is 174 Å². The van der Waals surface area contributed by atoms with Crippen LogP contribution in [0.25, 0.3) is 11.3 Å². The van der Waals surface area contributed by atoms with Crippen molar-refractivity contribution in [3.63, 3.8) is 0 Å². The van der Waals surface area contributed by atoms with Crippen LogP contribution in [0.5, 0.6) is 0 Å². The molecule has 0 aliphatic heterocycles. The molecule has 1 unspecified atom stereocenters. The van der Waals surface area contributed by atoms with Gasteiger partial charge in [-0.05, 0) is 50.6 Å². The van der Waals surface area contributed by atoms with Crippen molar-refractivity contribution >= 4 is 34.1 Å². The Bertz CT molecular complexity index is 1120. The standard InChI is InChI=1S/C20H16F2N4OS2/c1-10-6-11(2)24-19(14(10)8-23)29-12(3)18(27)26-20-25-17(9-28-20)13-4-5-15(21)16(22)7-13/h4-7,9,12H,1-3H3,(H,25,26,27). The molecular formula is C20H16F2N4OS2. The zero-order valence-corrected chi connectivity index (χ0v) is 17.4. The predicted molar refractivity (Wildman–Crippen MR) is 110 cm³/mol. The lowest BCUT2D eigenvalue weighted by molar-refractivity contribution is -0.115. The molecule has 1 N–H and O–H groups in total. The van der Waals surface area contributed by atoms with E-state index in [0.717, 1.165) is 23.4 Å². The van der Waals surface area contributed by atoms with Crippen LogP contribution in [-0.2, 0) is 4.79 Å². The zero-order chi connectivity index (χ0) is 21.1. The predicted octanol–water partition coefficient (Wildman–Crippen LogP) is 5.09. The van der Waals surface area contributed by atoms with Gasteiger partial charge in [0.25, 0.3) is 0 Å². The first-order valence-corrected chi connectivity index (χ1v) is 10.3. The van der Waals surface area contributed by atoms with Crippen LogP contribution in [0.4, 0.5) is 13.9 Å². The van der Waals surface area contributed by atoms with E-state index in [0.29, 0.717) is 27.0 Å². The zero-order valence-electron chi connectivity index (χ0n) is 15.8. The lowest BCUT2D eigenvalue weighted by Gasteiger charge is -2.12. The number of amides is 1. The Balaban J connectivity index is 1.72.